The van der Waals surface area contributed by atoms with Crippen LogP contribution in [-0.2, 0) is 10.0 Å². The highest BCUT2D eigenvalue weighted by Crippen LogP contribution is 2.29. The smallest absolute Gasteiger partial charge is 0.244 e. The topological polar surface area (TPSA) is 63.4 Å². The Kier molecular flexibility index (Phi) is 5.46. The van der Waals surface area contributed by atoms with Gasteiger partial charge in [-0.25, -0.2) is 8.42 Å². The van der Waals surface area contributed by atoms with E-state index >= 15 is 0 Å². The fourth-order valence-electron chi connectivity index (χ4n) is 1.80. The number of nitrogens with zero attached hydrogens (tertiary/aromatic N) is 1. The van der Waals surface area contributed by atoms with E-state index in [-0.39, 0.29) is 28.4 Å². The Morgan fingerprint density at radius 3 is 2.61 bits per heavy atom. The molecule has 2 N–H and O–H groups in total. The zero-order valence-corrected chi connectivity index (χ0v) is 13.3. The minimum Gasteiger partial charge on any atom is -0.326 e. The Bertz CT molecular complexity index is 539. The summed E-state index contributed by atoms with van der Waals surface area (Å²) in [5.74, 6) is 0. The second kappa shape index (κ2) is 6.07. The van der Waals surface area contributed by atoms with Crippen molar-refractivity contribution in [2.45, 2.75) is 17.4 Å². The minimum absolute atomic E-state index is 0. The number of sulfonamides is 1. The molecular weight excluding hydrogens is 363 g/mol. The molecule has 8 heteroatoms. The largest absolute Gasteiger partial charge is 0.326 e. The molecule has 2 rings (SSSR count). The van der Waals surface area contributed by atoms with E-state index in [1.165, 1.54) is 10.4 Å². The van der Waals surface area contributed by atoms with Crippen LogP contribution in [0.1, 0.15) is 6.42 Å². The highest BCUT2D eigenvalue weighted by Gasteiger charge is 2.32. The Morgan fingerprint density at radius 1 is 1.44 bits per heavy atom. The number of hydrogen-bond acceptors (Lipinski definition) is 3. The second-order valence-corrected chi connectivity index (χ2v) is 7.22. The monoisotopic (exact) mass is 374 g/mol. The fraction of sp³-hybridized carbons (Fsp3) is 0.400. The van der Waals surface area contributed by atoms with Gasteiger partial charge in [0.2, 0.25) is 10.0 Å². The summed E-state index contributed by atoms with van der Waals surface area (Å²) in [6.07, 6.45) is 0.688. The third-order valence-electron chi connectivity index (χ3n) is 2.70. The summed E-state index contributed by atoms with van der Waals surface area (Å²) >= 11 is 9.20. The summed E-state index contributed by atoms with van der Waals surface area (Å²) < 4.78 is 26.7. The Labute approximate surface area is 126 Å². The first-order valence-electron chi connectivity index (χ1n) is 5.12. The molecule has 0 radical (unpaired) electrons. The summed E-state index contributed by atoms with van der Waals surface area (Å²) in [6.45, 7) is 0.810. The summed E-state index contributed by atoms with van der Waals surface area (Å²) in [7, 11) is -3.52. The van der Waals surface area contributed by atoms with Gasteiger partial charge in [-0.15, -0.1) is 12.4 Å². The predicted molar refractivity (Wildman–Crippen MR) is 77.8 cm³/mol. The lowest BCUT2D eigenvalue weighted by atomic mass is 10.3. The van der Waals surface area contributed by atoms with E-state index in [9.17, 15) is 8.42 Å². The van der Waals surface area contributed by atoms with Crippen molar-refractivity contribution in [1.82, 2.24) is 4.31 Å². The van der Waals surface area contributed by atoms with Crippen LogP contribution in [-0.4, -0.2) is 31.9 Å². The van der Waals surface area contributed by atoms with Crippen LogP contribution in [0.5, 0.6) is 0 Å². The molecule has 4 nitrogen and oxygen atoms in total. The fourth-order valence-corrected chi connectivity index (χ4v) is 4.32. The number of hydrogen-bond donors (Lipinski definition) is 1. The highest BCUT2D eigenvalue weighted by atomic mass is 79.9. The van der Waals surface area contributed by atoms with Gasteiger partial charge < -0.3 is 5.73 Å². The van der Waals surface area contributed by atoms with E-state index in [0.717, 1.165) is 4.47 Å². The predicted octanol–water partition coefficient (Wildman–Crippen LogP) is 2.25. The Morgan fingerprint density at radius 2 is 2.11 bits per heavy atom. The maximum atomic E-state index is 12.3. The second-order valence-electron chi connectivity index (χ2n) is 3.99. The van der Waals surface area contributed by atoms with Gasteiger partial charge in [0.05, 0.1) is 5.02 Å². The zero-order valence-electron chi connectivity index (χ0n) is 9.34. The van der Waals surface area contributed by atoms with Crippen LogP contribution in [0.25, 0.3) is 0 Å². The van der Waals surface area contributed by atoms with Crippen molar-refractivity contribution >= 4 is 50.0 Å². The summed E-state index contributed by atoms with van der Waals surface area (Å²) in [4.78, 5) is 0.136. The van der Waals surface area contributed by atoms with Gasteiger partial charge in [0.15, 0.2) is 0 Å². The van der Waals surface area contributed by atoms with Gasteiger partial charge >= 0.3 is 0 Å². The van der Waals surface area contributed by atoms with Crippen LogP contribution in [0, 0.1) is 0 Å². The van der Waals surface area contributed by atoms with Gasteiger partial charge in [0.1, 0.15) is 4.90 Å². The third-order valence-corrected chi connectivity index (χ3v) is 5.54. The highest BCUT2D eigenvalue weighted by molar-refractivity contribution is 9.10. The van der Waals surface area contributed by atoms with E-state index < -0.39 is 10.0 Å². The van der Waals surface area contributed by atoms with Crippen LogP contribution in [0.15, 0.2) is 27.6 Å². The number of rotatable bonds is 2. The third kappa shape index (κ3) is 3.18. The zero-order chi connectivity index (χ0) is 12.6. The van der Waals surface area contributed by atoms with Crippen molar-refractivity contribution in [3.63, 3.8) is 0 Å². The van der Waals surface area contributed by atoms with Crippen LogP contribution in [0.4, 0.5) is 0 Å². The van der Waals surface area contributed by atoms with Gasteiger partial charge in [-0.3, -0.25) is 0 Å². The molecule has 0 aromatic heterocycles. The van der Waals surface area contributed by atoms with Gasteiger partial charge in [0, 0.05) is 23.6 Å². The Hall–Kier alpha value is 0.150. The maximum Gasteiger partial charge on any atom is 0.244 e. The quantitative estimate of drug-likeness (QED) is 0.862. The first-order valence-corrected chi connectivity index (χ1v) is 7.73. The molecule has 0 spiro atoms. The number of halogens is 3. The van der Waals surface area contributed by atoms with Crippen molar-refractivity contribution < 1.29 is 8.42 Å². The van der Waals surface area contributed by atoms with Crippen LogP contribution in [0.2, 0.25) is 5.02 Å². The first kappa shape index (κ1) is 16.2. The van der Waals surface area contributed by atoms with Gasteiger partial charge in [-0.1, -0.05) is 27.5 Å². The SMILES string of the molecule is Cl.N[C@H]1CCN(S(=O)(=O)c2ccc(Br)cc2Cl)C1. The number of benzene rings is 1. The minimum atomic E-state index is -3.52. The molecule has 1 aliphatic heterocycles. The van der Waals surface area contributed by atoms with Gasteiger partial charge in [-0.05, 0) is 24.6 Å². The van der Waals surface area contributed by atoms with E-state index in [0.29, 0.717) is 19.5 Å². The van der Waals surface area contributed by atoms with Crippen LogP contribution in [0.3, 0.4) is 0 Å². The van der Waals surface area contributed by atoms with E-state index in [2.05, 4.69) is 15.9 Å². The maximum absolute atomic E-state index is 12.3. The van der Waals surface area contributed by atoms with Crippen molar-refractivity contribution in [2.75, 3.05) is 13.1 Å². The summed E-state index contributed by atoms with van der Waals surface area (Å²) in [6, 6.07) is 4.66. The van der Waals surface area contributed by atoms with Crippen molar-refractivity contribution in [3.8, 4) is 0 Å². The van der Waals surface area contributed by atoms with Gasteiger partial charge in [-0.2, -0.15) is 4.31 Å². The molecule has 18 heavy (non-hydrogen) atoms. The average molecular weight is 376 g/mol. The summed E-state index contributed by atoms with van der Waals surface area (Å²) in [5.41, 5.74) is 5.72. The molecule has 0 bridgehead atoms. The molecule has 1 saturated heterocycles. The molecule has 1 atom stereocenters. The lowest BCUT2D eigenvalue weighted by molar-refractivity contribution is 0.472. The standard InChI is InChI=1S/C10H12BrClN2O2S.ClH/c11-7-1-2-10(9(12)5-7)17(15,16)14-4-3-8(13)6-14;/h1-2,5,8H,3-4,6,13H2;1H/t8-;/m0./s1. The molecule has 0 unspecified atom stereocenters. The lowest BCUT2D eigenvalue weighted by Crippen LogP contribution is -2.32. The molecule has 1 aromatic rings. The van der Waals surface area contributed by atoms with E-state index in [1.807, 2.05) is 0 Å². The molecule has 102 valence electrons. The molecule has 1 heterocycles. The molecule has 0 amide bonds. The molecule has 0 saturated carbocycles. The molecule has 1 aromatic carbocycles. The van der Waals surface area contributed by atoms with E-state index in [4.69, 9.17) is 17.3 Å². The van der Waals surface area contributed by atoms with Crippen LogP contribution >= 0.6 is 39.9 Å². The number of nitrogens with two attached hydrogens (primary N) is 1. The summed E-state index contributed by atoms with van der Waals surface area (Å²) in [5, 5.41) is 0.222. The van der Waals surface area contributed by atoms with E-state index in [1.54, 1.807) is 12.1 Å². The molecular formula is C10H13BrCl2N2O2S. The van der Waals surface area contributed by atoms with Crippen molar-refractivity contribution in [3.05, 3.63) is 27.7 Å². The van der Waals surface area contributed by atoms with Gasteiger partial charge in [0.25, 0.3) is 0 Å². The lowest BCUT2D eigenvalue weighted by Gasteiger charge is -2.16. The van der Waals surface area contributed by atoms with Crippen molar-refractivity contribution in [2.24, 2.45) is 5.73 Å². The molecule has 0 aliphatic carbocycles. The average Bonchev–Trinajstić information content (AvgIpc) is 2.64. The normalized spacial score (nSPS) is 20.7. The van der Waals surface area contributed by atoms with Crippen LogP contribution < -0.4 is 5.73 Å². The molecule has 1 fully saturated rings. The van der Waals surface area contributed by atoms with Crippen molar-refractivity contribution in [1.29, 1.82) is 0 Å². The Balaban J connectivity index is 0.00000162. The first-order chi connectivity index (χ1) is 7.91. The molecule has 1 aliphatic rings.